The minimum atomic E-state index is -0.0750. The van der Waals surface area contributed by atoms with E-state index in [0.717, 1.165) is 11.8 Å². The van der Waals surface area contributed by atoms with Gasteiger partial charge in [-0.3, -0.25) is 9.89 Å². The number of carbonyl (C=O) groups excluding carboxylic acids is 1. The Bertz CT molecular complexity index is 539. The average molecular weight is 277 g/mol. The number of fused-ring (bicyclic) bond motifs is 2. The fraction of sp³-hybridized carbons (Fsp3) is 0.615. The Morgan fingerprint density at radius 1 is 1.55 bits per heavy atom. The van der Waals surface area contributed by atoms with Crippen molar-refractivity contribution >= 4 is 17.6 Å². The molecule has 3 atom stereocenters. The Hall–Kier alpha value is -2.05. The van der Waals surface area contributed by atoms with Crippen molar-refractivity contribution < 1.29 is 10.0 Å². The molecular formula is C13H19N5O2. The number of hydrogen-bond acceptors (Lipinski definition) is 4. The van der Waals surface area contributed by atoms with E-state index in [4.69, 9.17) is 10.9 Å². The summed E-state index contributed by atoms with van der Waals surface area (Å²) in [6.45, 7) is 0. The first-order chi connectivity index (χ1) is 9.67. The first-order valence-corrected chi connectivity index (χ1v) is 6.98. The summed E-state index contributed by atoms with van der Waals surface area (Å²) < 4.78 is 0. The van der Waals surface area contributed by atoms with Crippen molar-refractivity contribution in [1.82, 2.24) is 10.2 Å². The minimum absolute atomic E-state index is 0.0428. The second-order valence-electron chi connectivity index (χ2n) is 5.83. The summed E-state index contributed by atoms with van der Waals surface area (Å²) in [5.41, 5.74) is 5.91. The summed E-state index contributed by atoms with van der Waals surface area (Å²) in [4.78, 5) is 12.1. The van der Waals surface area contributed by atoms with E-state index in [1.807, 2.05) is 0 Å². The summed E-state index contributed by atoms with van der Waals surface area (Å²) >= 11 is 0. The van der Waals surface area contributed by atoms with Crippen LogP contribution >= 0.6 is 0 Å². The highest BCUT2D eigenvalue weighted by molar-refractivity contribution is 6.04. The summed E-state index contributed by atoms with van der Waals surface area (Å²) in [7, 11) is 0. The molecule has 7 nitrogen and oxygen atoms in total. The number of nitrogens with two attached hydrogens (primary N) is 1. The van der Waals surface area contributed by atoms with E-state index in [1.54, 1.807) is 0 Å². The Kier molecular flexibility index (Phi) is 3.33. The van der Waals surface area contributed by atoms with Crippen LogP contribution < -0.4 is 11.1 Å². The molecule has 0 aliphatic heterocycles. The SMILES string of the molecule is NC(=NO)c1cn[nH]c1NC(=O)CC1CC2CCC1C2. The molecule has 108 valence electrons. The van der Waals surface area contributed by atoms with Crippen LogP contribution in [0.3, 0.4) is 0 Å². The average Bonchev–Trinajstić information content (AvgIpc) is 3.13. The van der Waals surface area contributed by atoms with Gasteiger partial charge in [0, 0.05) is 6.42 Å². The largest absolute Gasteiger partial charge is 0.409 e. The molecule has 2 aliphatic carbocycles. The third-order valence-electron chi connectivity index (χ3n) is 4.62. The number of oxime groups is 1. The normalized spacial score (nSPS) is 28.8. The number of carbonyl (C=O) groups is 1. The Labute approximate surface area is 116 Å². The molecule has 2 aliphatic rings. The van der Waals surface area contributed by atoms with Gasteiger partial charge in [0.1, 0.15) is 5.82 Å². The number of nitrogens with zero attached hydrogens (tertiary/aromatic N) is 2. The molecule has 0 aromatic carbocycles. The molecule has 1 aromatic rings. The molecule has 3 unspecified atom stereocenters. The van der Waals surface area contributed by atoms with Crippen LogP contribution in [0.5, 0.6) is 0 Å². The maximum absolute atomic E-state index is 12.1. The van der Waals surface area contributed by atoms with Gasteiger partial charge >= 0.3 is 0 Å². The lowest BCUT2D eigenvalue weighted by Crippen LogP contribution is -2.22. The molecule has 0 saturated heterocycles. The standard InChI is InChI=1S/C13H19N5O2/c14-12(18-20)10-6-15-17-13(10)16-11(19)5-9-4-7-1-2-8(9)3-7/h6-9,20H,1-5H2,(H2,14,18)(H2,15,16,17,19). The fourth-order valence-electron chi connectivity index (χ4n) is 3.68. The fourth-order valence-corrected chi connectivity index (χ4v) is 3.68. The van der Waals surface area contributed by atoms with E-state index in [9.17, 15) is 4.79 Å². The lowest BCUT2D eigenvalue weighted by molar-refractivity contribution is -0.117. The topological polar surface area (TPSA) is 116 Å². The maximum Gasteiger partial charge on any atom is 0.225 e. The Balaban J connectivity index is 1.61. The number of amides is 1. The molecule has 2 bridgehead atoms. The lowest BCUT2D eigenvalue weighted by atomic mass is 9.86. The van der Waals surface area contributed by atoms with Crippen LogP contribution in [-0.2, 0) is 4.79 Å². The smallest absolute Gasteiger partial charge is 0.225 e. The molecule has 1 amide bonds. The van der Waals surface area contributed by atoms with Gasteiger partial charge in [0.25, 0.3) is 0 Å². The van der Waals surface area contributed by atoms with Gasteiger partial charge in [0.2, 0.25) is 5.91 Å². The molecule has 20 heavy (non-hydrogen) atoms. The lowest BCUT2D eigenvalue weighted by Gasteiger charge is -2.20. The molecule has 1 aromatic heterocycles. The monoisotopic (exact) mass is 277 g/mol. The highest BCUT2D eigenvalue weighted by Crippen LogP contribution is 2.49. The molecule has 1 heterocycles. The number of H-pyrrole nitrogens is 1. The number of anilines is 1. The summed E-state index contributed by atoms with van der Waals surface area (Å²) in [5, 5.41) is 20.8. The van der Waals surface area contributed by atoms with E-state index in [2.05, 4.69) is 20.7 Å². The number of nitrogens with one attached hydrogen (secondary N) is 2. The summed E-state index contributed by atoms with van der Waals surface area (Å²) in [6.07, 6.45) is 7.02. The Morgan fingerprint density at radius 3 is 3.05 bits per heavy atom. The third-order valence-corrected chi connectivity index (χ3v) is 4.62. The van der Waals surface area contributed by atoms with Gasteiger partial charge in [0.15, 0.2) is 5.84 Å². The van der Waals surface area contributed by atoms with E-state index in [0.29, 0.717) is 23.7 Å². The molecular weight excluding hydrogens is 258 g/mol. The molecule has 2 saturated carbocycles. The van der Waals surface area contributed by atoms with Crippen molar-refractivity contribution in [3.05, 3.63) is 11.8 Å². The van der Waals surface area contributed by atoms with Crippen molar-refractivity contribution in [3.63, 3.8) is 0 Å². The number of aromatic amines is 1. The number of amidine groups is 1. The maximum atomic E-state index is 12.1. The van der Waals surface area contributed by atoms with E-state index < -0.39 is 0 Å². The van der Waals surface area contributed by atoms with E-state index >= 15 is 0 Å². The highest BCUT2D eigenvalue weighted by Gasteiger charge is 2.40. The van der Waals surface area contributed by atoms with E-state index in [-0.39, 0.29) is 11.7 Å². The number of aromatic nitrogens is 2. The van der Waals surface area contributed by atoms with Crippen molar-refractivity contribution in [3.8, 4) is 0 Å². The number of rotatable bonds is 4. The van der Waals surface area contributed by atoms with Crippen molar-refractivity contribution in [2.75, 3.05) is 5.32 Å². The zero-order valence-corrected chi connectivity index (χ0v) is 11.2. The third kappa shape index (κ3) is 2.35. The van der Waals surface area contributed by atoms with Gasteiger partial charge in [-0.25, -0.2) is 0 Å². The molecule has 0 radical (unpaired) electrons. The highest BCUT2D eigenvalue weighted by atomic mass is 16.4. The van der Waals surface area contributed by atoms with Crippen LogP contribution in [0.2, 0.25) is 0 Å². The van der Waals surface area contributed by atoms with Gasteiger partial charge in [-0.05, 0) is 37.0 Å². The van der Waals surface area contributed by atoms with E-state index in [1.165, 1.54) is 31.9 Å². The molecule has 7 heteroatoms. The van der Waals surface area contributed by atoms with Gasteiger partial charge in [-0.15, -0.1) is 0 Å². The minimum Gasteiger partial charge on any atom is -0.409 e. The first kappa shape index (κ1) is 13.0. The van der Waals surface area contributed by atoms with Crippen LogP contribution in [-0.4, -0.2) is 27.1 Å². The molecule has 0 spiro atoms. The Morgan fingerprint density at radius 2 is 2.40 bits per heavy atom. The number of hydrogen-bond donors (Lipinski definition) is 4. The zero-order chi connectivity index (χ0) is 14.1. The van der Waals surface area contributed by atoms with Gasteiger partial charge in [-0.1, -0.05) is 11.6 Å². The second kappa shape index (κ2) is 5.15. The summed E-state index contributed by atoms with van der Waals surface area (Å²) in [5.74, 6) is 2.32. The quantitative estimate of drug-likeness (QED) is 0.287. The predicted octanol–water partition coefficient (Wildman–Crippen LogP) is 1.27. The van der Waals surface area contributed by atoms with Crippen molar-refractivity contribution in [2.45, 2.75) is 32.1 Å². The second-order valence-corrected chi connectivity index (χ2v) is 5.83. The first-order valence-electron chi connectivity index (χ1n) is 6.98. The van der Waals surface area contributed by atoms with Crippen LogP contribution in [0.15, 0.2) is 11.4 Å². The zero-order valence-electron chi connectivity index (χ0n) is 11.2. The summed E-state index contributed by atoms with van der Waals surface area (Å²) in [6, 6.07) is 0. The van der Waals surface area contributed by atoms with Crippen molar-refractivity contribution in [1.29, 1.82) is 0 Å². The van der Waals surface area contributed by atoms with Crippen LogP contribution in [0, 0.1) is 17.8 Å². The van der Waals surface area contributed by atoms with Crippen LogP contribution in [0.4, 0.5) is 5.82 Å². The molecule has 3 rings (SSSR count). The van der Waals surface area contributed by atoms with Gasteiger partial charge < -0.3 is 16.3 Å². The van der Waals surface area contributed by atoms with Gasteiger partial charge in [0.05, 0.1) is 11.8 Å². The molecule has 5 N–H and O–H groups in total. The van der Waals surface area contributed by atoms with Crippen LogP contribution in [0.25, 0.3) is 0 Å². The molecule has 2 fully saturated rings. The van der Waals surface area contributed by atoms with Gasteiger partial charge in [-0.2, -0.15) is 5.10 Å². The van der Waals surface area contributed by atoms with Crippen molar-refractivity contribution in [2.24, 2.45) is 28.6 Å². The predicted molar refractivity (Wildman–Crippen MR) is 73.3 cm³/mol. The van der Waals surface area contributed by atoms with Crippen LogP contribution in [0.1, 0.15) is 37.7 Å².